The summed E-state index contributed by atoms with van der Waals surface area (Å²) >= 11 is 0. The van der Waals surface area contributed by atoms with Gasteiger partial charge in [0.05, 0.1) is 19.8 Å². The summed E-state index contributed by atoms with van der Waals surface area (Å²) in [5, 5.41) is 32.2. The molecular formula is C23H28O6. The molecule has 6 atom stereocenters. The molecule has 0 bridgehead atoms. The quantitative estimate of drug-likeness (QED) is 0.557. The highest BCUT2D eigenvalue weighted by Crippen LogP contribution is 2.29. The summed E-state index contributed by atoms with van der Waals surface area (Å²) in [4.78, 5) is 0. The molecule has 6 nitrogen and oxygen atoms in total. The molecule has 0 heterocycles. The summed E-state index contributed by atoms with van der Waals surface area (Å²) in [5.41, 5.74) is 1.81. The molecule has 0 spiro atoms. The first-order chi connectivity index (χ1) is 14.1. The van der Waals surface area contributed by atoms with Crippen molar-refractivity contribution in [3.8, 4) is 0 Å². The van der Waals surface area contributed by atoms with Crippen LogP contribution in [-0.2, 0) is 27.4 Å². The van der Waals surface area contributed by atoms with E-state index in [0.717, 1.165) is 11.1 Å². The normalized spacial score (nSPS) is 29.5. The lowest BCUT2D eigenvalue weighted by Crippen LogP contribution is -2.65. The SMILES string of the molecule is C=CCO[C@@H]1[C@H](O)[C@H](OCc2ccccc2)[C@@H](O)[C@H](O)[C@H]1OCc1ccccc1. The van der Waals surface area contributed by atoms with E-state index in [2.05, 4.69) is 6.58 Å². The van der Waals surface area contributed by atoms with Crippen LogP contribution in [0.1, 0.15) is 11.1 Å². The van der Waals surface area contributed by atoms with E-state index in [1.165, 1.54) is 0 Å². The van der Waals surface area contributed by atoms with E-state index in [0.29, 0.717) is 0 Å². The highest BCUT2D eigenvalue weighted by Gasteiger charge is 2.51. The lowest BCUT2D eigenvalue weighted by Gasteiger charge is -2.45. The first-order valence-corrected chi connectivity index (χ1v) is 9.69. The van der Waals surface area contributed by atoms with Gasteiger partial charge in [-0.25, -0.2) is 0 Å². The Labute approximate surface area is 171 Å². The van der Waals surface area contributed by atoms with E-state index >= 15 is 0 Å². The molecule has 156 valence electrons. The van der Waals surface area contributed by atoms with Crippen LogP contribution >= 0.6 is 0 Å². The van der Waals surface area contributed by atoms with Crippen LogP contribution in [0.25, 0.3) is 0 Å². The van der Waals surface area contributed by atoms with Gasteiger partial charge >= 0.3 is 0 Å². The number of hydrogen-bond donors (Lipinski definition) is 3. The number of hydrogen-bond acceptors (Lipinski definition) is 6. The first-order valence-electron chi connectivity index (χ1n) is 9.69. The predicted molar refractivity (Wildman–Crippen MR) is 108 cm³/mol. The molecule has 1 fully saturated rings. The van der Waals surface area contributed by atoms with Crippen LogP contribution in [0.2, 0.25) is 0 Å². The second-order valence-electron chi connectivity index (χ2n) is 7.08. The van der Waals surface area contributed by atoms with Crippen molar-refractivity contribution in [2.45, 2.75) is 49.8 Å². The van der Waals surface area contributed by atoms with Gasteiger partial charge in [-0.3, -0.25) is 0 Å². The fraction of sp³-hybridized carbons (Fsp3) is 0.391. The van der Waals surface area contributed by atoms with Gasteiger partial charge in [0.1, 0.15) is 36.6 Å². The molecule has 6 heteroatoms. The summed E-state index contributed by atoms with van der Waals surface area (Å²) in [6.45, 7) is 4.20. The lowest BCUT2D eigenvalue weighted by molar-refractivity contribution is -0.258. The predicted octanol–water partition coefficient (Wildman–Crippen LogP) is 1.82. The van der Waals surface area contributed by atoms with Crippen molar-refractivity contribution in [3.63, 3.8) is 0 Å². The molecule has 29 heavy (non-hydrogen) atoms. The second kappa shape index (κ2) is 10.6. The zero-order chi connectivity index (χ0) is 20.6. The summed E-state index contributed by atoms with van der Waals surface area (Å²) in [6, 6.07) is 18.9. The minimum atomic E-state index is -1.32. The molecule has 2 aromatic carbocycles. The smallest absolute Gasteiger partial charge is 0.115 e. The average molecular weight is 400 g/mol. The third kappa shape index (κ3) is 5.51. The van der Waals surface area contributed by atoms with Crippen LogP contribution in [0.3, 0.4) is 0 Å². The van der Waals surface area contributed by atoms with Crippen molar-refractivity contribution in [2.24, 2.45) is 0 Å². The zero-order valence-corrected chi connectivity index (χ0v) is 16.2. The van der Waals surface area contributed by atoms with Gasteiger partial charge in [0.15, 0.2) is 0 Å². The summed E-state index contributed by atoms with van der Waals surface area (Å²) in [5.74, 6) is 0. The molecule has 0 aromatic heterocycles. The third-order valence-electron chi connectivity index (χ3n) is 5.00. The van der Waals surface area contributed by atoms with Crippen molar-refractivity contribution in [1.29, 1.82) is 0 Å². The van der Waals surface area contributed by atoms with E-state index in [9.17, 15) is 15.3 Å². The first kappa shape index (κ1) is 21.6. The average Bonchev–Trinajstić information content (AvgIpc) is 2.76. The van der Waals surface area contributed by atoms with Crippen molar-refractivity contribution >= 4 is 0 Å². The topological polar surface area (TPSA) is 88.4 Å². The maximum Gasteiger partial charge on any atom is 0.115 e. The number of aliphatic hydroxyl groups excluding tert-OH is 3. The largest absolute Gasteiger partial charge is 0.387 e. The van der Waals surface area contributed by atoms with E-state index in [-0.39, 0.29) is 19.8 Å². The fourth-order valence-corrected chi connectivity index (χ4v) is 3.46. The van der Waals surface area contributed by atoms with Crippen molar-refractivity contribution in [1.82, 2.24) is 0 Å². The second-order valence-corrected chi connectivity index (χ2v) is 7.08. The summed E-state index contributed by atoms with van der Waals surface area (Å²) in [6.07, 6.45) is -5.05. The van der Waals surface area contributed by atoms with Gasteiger partial charge in [0.25, 0.3) is 0 Å². The summed E-state index contributed by atoms with van der Waals surface area (Å²) in [7, 11) is 0. The van der Waals surface area contributed by atoms with Gasteiger partial charge in [-0.05, 0) is 11.1 Å². The Bertz CT molecular complexity index is 738. The minimum absolute atomic E-state index is 0.168. The van der Waals surface area contributed by atoms with Crippen LogP contribution in [0.5, 0.6) is 0 Å². The molecule has 0 aliphatic heterocycles. The van der Waals surface area contributed by atoms with Gasteiger partial charge < -0.3 is 29.5 Å². The van der Waals surface area contributed by atoms with Crippen LogP contribution in [0.4, 0.5) is 0 Å². The molecule has 0 saturated heterocycles. The molecule has 0 radical (unpaired) electrons. The molecule has 2 aromatic rings. The number of aliphatic hydroxyl groups is 3. The standard InChI is InChI=1S/C23H28O6/c1-2-13-27-23-20(26)21(28-14-16-9-5-3-6-10-16)18(24)19(25)22(23)29-15-17-11-7-4-8-12-17/h2-12,18-26H,1,13-15H2/t18-,19-,20+,21+,22+,23+/m0/s1. The van der Waals surface area contributed by atoms with Crippen molar-refractivity contribution < 1.29 is 29.5 Å². The van der Waals surface area contributed by atoms with Crippen LogP contribution in [-0.4, -0.2) is 58.6 Å². The lowest BCUT2D eigenvalue weighted by atomic mass is 9.84. The fourth-order valence-electron chi connectivity index (χ4n) is 3.46. The number of rotatable bonds is 9. The van der Waals surface area contributed by atoms with Gasteiger partial charge in [-0.2, -0.15) is 0 Å². The Hall–Kier alpha value is -2.06. The number of ether oxygens (including phenoxy) is 3. The Morgan fingerprint density at radius 2 is 1.10 bits per heavy atom. The Morgan fingerprint density at radius 1 is 0.655 bits per heavy atom. The van der Waals surface area contributed by atoms with Crippen LogP contribution in [0.15, 0.2) is 73.3 Å². The molecule has 0 unspecified atom stereocenters. The van der Waals surface area contributed by atoms with E-state index in [1.54, 1.807) is 6.08 Å². The maximum atomic E-state index is 10.9. The highest BCUT2D eigenvalue weighted by atomic mass is 16.6. The Balaban J connectivity index is 1.71. The van der Waals surface area contributed by atoms with Gasteiger partial charge in [0, 0.05) is 0 Å². The number of benzene rings is 2. The third-order valence-corrected chi connectivity index (χ3v) is 5.00. The van der Waals surface area contributed by atoms with Gasteiger partial charge in [0.2, 0.25) is 0 Å². The molecule has 3 N–H and O–H groups in total. The zero-order valence-electron chi connectivity index (χ0n) is 16.2. The Morgan fingerprint density at radius 3 is 1.62 bits per heavy atom. The monoisotopic (exact) mass is 400 g/mol. The maximum absolute atomic E-state index is 10.9. The van der Waals surface area contributed by atoms with Crippen LogP contribution in [0, 0.1) is 0 Å². The van der Waals surface area contributed by atoms with E-state index in [1.807, 2.05) is 60.7 Å². The van der Waals surface area contributed by atoms with Crippen LogP contribution < -0.4 is 0 Å². The van der Waals surface area contributed by atoms with E-state index in [4.69, 9.17) is 14.2 Å². The van der Waals surface area contributed by atoms with E-state index < -0.39 is 36.6 Å². The molecule has 0 amide bonds. The molecular weight excluding hydrogens is 372 g/mol. The molecule has 1 saturated carbocycles. The summed E-state index contributed by atoms with van der Waals surface area (Å²) < 4.78 is 17.3. The van der Waals surface area contributed by atoms with Gasteiger partial charge in [-0.15, -0.1) is 6.58 Å². The molecule has 3 rings (SSSR count). The van der Waals surface area contributed by atoms with Crippen molar-refractivity contribution in [2.75, 3.05) is 6.61 Å². The molecule has 1 aliphatic carbocycles. The van der Waals surface area contributed by atoms with Crippen molar-refractivity contribution in [3.05, 3.63) is 84.4 Å². The Kier molecular flexibility index (Phi) is 7.94. The minimum Gasteiger partial charge on any atom is -0.387 e. The van der Waals surface area contributed by atoms with Gasteiger partial charge in [-0.1, -0.05) is 66.7 Å². The molecule has 1 aliphatic rings. The highest BCUT2D eigenvalue weighted by molar-refractivity contribution is 5.15.